The van der Waals surface area contributed by atoms with Crippen molar-refractivity contribution in [2.45, 2.75) is 13.5 Å². The molecule has 0 aliphatic heterocycles. The van der Waals surface area contributed by atoms with Gasteiger partial charge in [-0.15, -0.1) is 0 Å². The molecule has 7 heteroatoms. The Labute approximate surface area is 109 Å². The zero-order chi connectivity index (χ0) is 13.8. The number of aromatic nitrogens is 3. The molecule has 2 heterocycles. The number of carbonyl (C=O) groups is 1. The number of aryl methyl sites for hydroxylation is 1. The molecule has 0 spiro atoms. The number of hydrogen-bond acceptors (Lipinski definition) is 5. The van der Waals surface area contributed by atoms with Gasteiger partial charge in [-0.1, -0.05) is 0 Å². The predicted octanol–water partition coefficient (Wildman–Crippen LogP) is -0.0713. The Bertz CT molecular complexity index is 651. The van der Waals surface area contributed by atoms with Crippen molar-refractivity contribution in [2.75, 3.05) is 0 Å². The molecule has 0 fully saturated rings. The molecule has 3 N–H and O–H groups in total. The minimum Gasteiger partial charge on any atom is -0.290 e. The van der Waals surface area contributed by atoms with Crippen LogP contribution < -0.4 is 16.8 Å². The minimum absolute atomic E-state index is 0.0360. The highest BCUT2D eigenvalue weighted by Gasteiger charge is 2.14. The van der Waals surface area contributed by atoms with E-state index in [1.54, 1.807) is 31.5 Å². The number of nitrogens with one attached hydrogen (secondary N) is 1. The van der Waals surface area contributed by atoms with E-state index in [0.29, 0.717) is 12.2 Å². The van der Waals surface area contributed by atoms with Gasteiger partial charge in [0.25, 0.3) is 11.5 Å². The van der Waals surface area contributed by atoms with Crippen LogP contribution in [0.4, 0.5) is 0 Å². The number of nitrogens with zero attached hydrogens (tertiary/aromatic N) is 3. The topological polar surface area (TPSA) is 103 Å². The maximum atomic E-state index is 12.0. The van der Waals surface area contributed by atoms with Crippen molar-refractivity contribution in [3.63, 3.8) is 0 Å². The minimum atomic E-state index is -0.634. The van der Waals surface area contributed by atoms with Crippen LogP contribution in [0.3, 0.4) is 0 Å². The first-order valence-electron chi connectivity index (χ1n) is 5.71. The van der Waals surface area contributed by atoms with Crippen LogP contribution in [0.5, 0.6) is 0 Å². The maximum Gasteiger partial charge on any atom is 0.279 e. The first-order chi connectivity index (χ1) is 9.17. The molecule has 0 saturated heterocycles. The lowest BCUT2D eigenvalue weighted by atomic mass is 10.1. The Morgan fingerprint density at radius 2 is 2.11 bits per heavy atom. The summed E-state index contributed by atoms with van der Waals surface area (Å²) in [5, 5.41) is 4.19. The summed E-state index contributed by atoms with van der Waals surface area (Å²) in [7, 11) is 0. The summed E-state index contributed by atoms with van der Waals surface area (Å²) in [6, 6.07) is 4.92. The Morgan fingerprint density at radius 3 is 2.68 bits per heavy atom. The van der Waals surface area contributed by atoms with Crippen molar-refractivity contribution in [3.8, 4) is 11.3 Å². The van der Waals surface area contributed by atoms with Crippen molar-refractivity contribution >= 4 is 5.91 Å². The van der Waals surface area contributed by atoms with Gasteiger partial charge in [-0.3, -0.25) is 20.0 Å². The third-order valence-electron chi connectivity index (χ3n) is 2.63. The lowest BCUT2D eigenvalue weighted by molar-refractivity contribution is 0.0951. The molecule has 2 rings (SSSR count). The number of hydrazine groups is 1. The maximum absolute atomic E-state index is 12.0. The number of rotatable bonds is 3. The molecule has 0 bridgehead atoms. The summed E-state index contributed by atoms with van der Waals surface area (Å²) in [4.78, 5) is 27.5. The summed E-state index contributed by atoms with van der Waals surface area (Å²) in [5.74, 6) is 4.44. The zero-order valence-electron chi connectivity index (χ0n) is 10.3. The third-order valence-corrected chi connectivity index (χ3v) is 2.63. The van der Waals surface area contributed by atoms with E-state index >= 15 is 0 Å². The van der Waals surface area contributed by atoms with Crippen LogP contribution in [0.2, 0.25) is 0 Å². The molecule has 0 radical (unpaired) electrons. The fourth-order valence-corrected chi connectivity index (χ4v) is 1.66. The first-order valence-corrected chi connectivity index (χ1v) is 5.71. The predicted molar refractivity (Wildman–Crippen MR) is 69.1 cm³/mol. The largest absolute Gasteiger partial charge is 0.290 e. The van der Waals surface area contributed by atoms with E-state index in [9.17, 15) is 9.59 Å². The Morgan fingerprint density at radius 1 is 1.42 bits per heavy atom. The van der Waals surface area contributed by atoms with Crippen LogP contribution in [0, 0.1) is 0 Å². The second-order valence-electron chi connectivity index (χ2n) is 3.77. The molecule has 2 aromatic rings. The Kier molecular flexibility index (Phi) is 3.67. The zero-order valence-corrected chi connectivity index (χ0v) is 10.3. The highest BCUT2D eigenvalue weighted by molar-refractivity contribution is 5.94. The molecule has 98 valence electrons. The Balaban J connectivity index is 2.64. The molecule has 0 unspecified atom stereocenters. The second kappa shape index (κ2) is 5.40. The van der Waals surface area contributed by atoms with Gasteiger partial charge in [-0.05, 0) is 25.1 Å². The van der Waals surface area contributed by atoms with Crippen LogP contribution in [0.1, 0.15) is 17.3 Å². The van der Waals surface area contributed by atoms with Crippen molar-refractivity contribution in [1.82, 2.24) is 20.2 Å². The van der Waals surface area contributed by atoms with Crippen LogP contribution in [0.15, 0.2) is 35.4 Å². The highest BCUT2D eigenvalue weighted by atomic mass is 16.2. The van der Waals surface area contributed by atoms with E-state index in [0.717, 1.165) is 5.56 Å². The lowest BCUT2D eigenvalue weighted by Crippen LogP contribution is -2.37. The number of nitrogens with two attached hydrogens (primary N) is 1. The molecule has 0 saturated carbocycles. The number of amides is 1. The van der Waals surface area contributed by atoms with E-state index in [1.807, 2.05) is 5.43 Å². The number of nitrogen functional groups attached to an aromatic ring is 1. The van der Waals surface area contributed by atoms with Gasteiger partial charge >= 0.3 is 0 Å². The second-order valence-corrected chi connectivity index (χ2v) is 3.77. The van der Waals surface area contributed by atoms with Crippen molar-refractivity contribution in [2.24, 2.45) is 5.84 Å². The van der Waals surface area contributed by atoms with Crippen LogP contribution >= 0.6 is 0 Å². The summed E-state index contributed by atoms with van der Waals surface area (Å²) >= 11 is 0. The molecule has 0 atom stereocenters. The molecule has 1 amide bonds. The van der Waals surface area contributed by atoms with Crippen molar-refractivity contribution in [3.05, 3.63) is 46.5 Å². The monoisotopic (exact) mass is 259 g/mol. The molecule has 19 heavy (non-hydrogen) atoms. The average Bonchev–Trinajstić information content (AvgIpc) is 2.47. The van der Waals surface area contributed by atoms with E-state index in [1.165, 1.54) is 10.7 Å². The van der Waals surface area contributed by atoms with Gasteiger partial charge in [0, 0.05) is 24.5 Å². The quantitative estimate of drug-likeness (QED) is 0.456. The number of carbonyl (C=O) groups excluding carboxylic acids is 1. The molecular formula is C12H13N5O2. The van der Waals surface area contributed by atoms with Gasteiger partial charge < -0.3 is 0 Å². The summed E-state index contributed by atoms with van der Waals surface area (Å²) in [6.07, 6.45) is 3.22. The van der Waals surface area contributed by atoms with Gasteiger partial charge in [0.05, 0.1) is 5.69 Å². The smallest absolute Gasteiger partial charge is 0.279 e. The van der Waals surface area contributed by atoms with Gasteiger partial charge in [-0.25, -0.2) is 10.5 Å². The van der Waals surface area contributed by atoms with Gasteiger partial charge in [0.2, 0.25) is 0 Å². The molecular weight excluding hydrogens is 246 g/mol. The fourth-order valence-electron chi connectivity index (χ4n) is 1.66. The van der Waals surface area contributed by atoms with Crippen LogP contribution in [-0.4, -0.2) is 20.7 Å². The normalized spacial score (nSPS) is 10.2. The molecule has 2 aromatic heterocycles. The van der Waals surface area contributed by atoms with Crippen LogP contribution in [-0.2, 0) is 6.54 Å². The van der Waals surface area contributed by atoms with Gasteiger partial charge in [0.15, 0.2) is 0 Å². The van der Waals surface area contributed by atoms with E-state index in [4.69, 9.17) is 5.84 Å². The number of pyridine rings is 1. The van der Waals surface area contributed by atoms with E-state index < -0.39 is 11.5 Å². The standard InChI is InChI=1S/C12H13N5O2/c1-2-17-12(19)9(11(18)15-13)7-10(16-17)8-3-5-14-6-4-8/h3-7H,2,13H2,1H3,(H,15,18). The SMILES string of the molecule is CCn1nc(-c2ccncc2)cc(C(=O)NN)c1=O. The molecule has 7 nitrogen and oxygen atoms in total. The first kappa shape index (κ1) is 12.9. The van der Waals surface area contributed by atoms with Crippen molar-refractivity contribution < 1.29 is 4.79 Å². The molecule has 0 aromatic carbocycles. The lowest BCUT2D eigenvalue weighted by Gasteiger charge is -2.08. The molecule has 0 aliphatic carbocycles. The summed E-state index contributed by atoms with van der Waals surface area (Å²) < 4.78 is 1.22. The highest BCUT2D eigenvalue weighted by Crippen LogP contribution is 2.14. The van der Waals surface area contributed by atoms with Crippen molar-refractivity contribution in [1.29, 1.82) is 0 Å². The third kappa shape index (κ3) is 2.50. The Hall–Kier alpha value is -2.54. The van der Waals surface area contributed by atoms with E-state index in [-0.39, 0.29) is 5.56 Å². The van der Waals surface area contributed by atoms with E-state index in [2.05, 4.69) is 10.1 Å². The number of hydrogen-bond donors (Lipinski definition) is 2. The summed E-state index contributed by atoms with van der Waals surface area (Å²) in [6.45, 7) is 2.14. The summed E-state index contributed by atoms with van der Waals surface area (Å²) in [5.41, 5.74) is 2.74. The average molecular weight is 259 g/mol. The molecule has 0 aliphatic rings. The van der Waals surface area contributed by atoms with Crippen LogP contribution in [0.25, 0.3) is 11.3 Å². The fraction of sp³-hybridized carbons (Fsp3) is 0.167. The van der Waals surface area contributed by atoms with Gasteiger partial charge in [-0.2, -0.15) is 5.10 Å². The van der Waals surface area contributed by atoms with Gasteiger partial charge in [0.1, 0.15) is 5.56 Å².